The first-order valence-electron chi connectivity index (χ1n) is 4.69. The molecule has 1 aromatic heterocycles. The van der Waals surface area contributed by atoms with Crippen molar-refractivity contribution in [3.8, 4) is 0 Å². The van der Waals surface area contributed by atoms with E-state index in [0.717, 1.165) is 17.2 Å². The van der Waals surface area contributed by atoms with Gasteiger partial charge in [0.25, 0.3) is 0 Å². The highest BCUT2D eigenvalue weighted by Crippen LogP contribution is 2.19. The first kappa shape index (κ1) is 9.65. The summed E-state index contributed by atoms with van der Waals surface area (Å²) in [5.41, 5.74) is 2.25. The zero-order valence-electron chi connectivity index (χ0n) is 8.65. The minimum absolute atomic E-state index is 0.0290. The molecule has 2 rings (SSSR count). The summed E-state index contributed by atoms with van der Waals surface area (Å²) in [4.78, 5) is 21.9. The van der Waals surface area contributed by atoms with Gasteiger partial charge in [-0.1, -0.05) is 0 Å². The standard InChI is InChI=1S/C12H11NO2/c1-8(15)12-6-10-5-9(7-14)3-4-11(10)13(12)2/h3-7H,1-2H3. The van der Waals surface area contributed by atoms with Gasteiger partial charge in [-0.25, -0.2) is 0 Å². The number of aryl methyl sites for hydroxylation is 1. The van der Waals surface area contributed by atoms with Gasteiger partial charge in [-0.15, -0.1) is 0 Å². The average molecular weight is 201 g/mol. The van der Waals surface area contributed by atoms with E-state index >= 15 is 0 Å². The second kappa shape index (κ2) is 3.35. The summed E-state index contributed by atoms with van der Waals surface area (Å²) < 4.78 is 1.84. The van der Waals surface area contributed by atoms with Crippen molar-refractivity contribution in [1.82, 2.24) is 4.57 Å². The summed E-state index contributed by atoms with van der Waals surface area (Å²) in [6.45, 7) is 1.54. The molecular formula is C12H11NO2. The van der Waals surface area contributed by atoms with Crippen LogP contribution in [0.1, 0.15) is 27.8 Å². The first-order chi connectivity index (χ1) is 7.13. The van der Waals surface area contributed by atoms with Gasteiger partial charge in [0.05, 0.1) is 5.69 Å². The van der Waals surface area contributed by atoms with Crippen LogP contribution < -0.4 is 0 Å². The van der Waals surface area contributed by atoms with Crippen LogP contribution in [0.15, 0.2) is 24.3 Å². The lowest BCUT2D eigenvalue weighted by atomic mass is 10.2. The van der Waals surface area contributed by atoms with Gasteiger partial charge in [0.15, 0.2) is 5.78 Å². The molecule has 0 saturated carbocycles. The fourth-order valence-corrected chi connectivity index (χ4v) is 1.78. The van der Waals surface area contributed by atoms with Gasteiger partial charge in [-0.05, 0) is 24.3 Å². The number of aromatic nitrogens is 1. The fraction of sp³-hybridized carbons (Fsp3) is 0.167. The van der Waals surface area contributed by atoms with Crippen molar-refractivity contribution in [2.75, 3.05) is 0 Å². The molecule has 0 spiro atoms. The highest BCUT2D eigenvalue weighted by atomic mass is 16.1. The number of carbonyl (C=O) groups is 2. The molecule has 76 valence electrons. The van der Waals surface area contributed by atoms with Gasteiger partial charge >= 0.3 is 0 Å². The maximum Gasteiger partial charge on any atom is 0.176 e. The Morgan fingerprint density at radius 3 is 2.67 bits per heavy atom. The molecule has 3 heteroatoms. The highest BCUT2D eigenvalue weighted by molar-refractivity contribution is 5.99. The Morgan fingerprint density at radius 2 is 2.07 bits per heavy atom. The first-order valence-corrected chi connectivity index (χ1v) is 4.69. The lowest BCUT2D eigenvalue weighted by Crippen LogP contribution is -2.00. The van der Waals surface area contributed by atoms with E-state index in [2.05, 4.69) is 0 Å². The van der Waals surface area contributed by atoms with Crippen LogP contribution >= 0.6 is 0 Å². The van der Waals surface area contributed by atoms with E-state index in [1.807, 2.05) is 23.7 Å². The summed E-state index contributed by atoms with van der Waals surface area (Å²) >= 11 is 0. The largest absolute Gasteiger partial charge is 0.341 e. The molecule has 0 saturated heterocycles. The predicted molar refractivity (Wildman–Crippen MR) is 58.3 cm³/mol. The monoisotopic (exact) mass is 201 g/mol. The molecule has 0 radical (unpaired) electrons. The molecule has 0 atom stereocenters. The topological polar surface area (TPSA) is 39.1 Å². The molecule has 1 heterocycles. The molecule has 15 heavy (non-hydrogen) atoms. The molecular weight excluding hydrogens is 190 g/mol. The van der Waals surface area contributed by atoms with Crippen LogP contribution in [-0.2, 0) is 7.05 Å². The summed E-state index contributed by atoms with van der Waals surface area (Å²) in [5, 5.41) is 0.923. The van der Waals surface area contributed by atoms with Gasteiger partial charge in [0.2, 0.25) is 0 Å². The van der Waals surface area contributed by atoms with Crippen LogP contribution in [0, 0.1) is 0 Å². The van der Waals surface area contributed by atoms with Crippen LogP contribution in [-0.4, -0.2) is 16.6 Å². The van der Waals surface area contributed by atoms with E-state index in [9.17, 15) is 9.59 Å². The van der Waals surface area contributed by atoms with Gasteiger partial charge in [-0.3, -0.25) is 9.59 Å². The molecule has 2 aromatic rings. The number of Topliss-reactive ketones (excluding diaryl/α,β-unsaturated/α-hetero) is 1. The van der Waals surface area contributed by atoms with E-state index in [0.29, 0.717) is 11.3 Å². The van der Waals surface area contributed by atoms with E-state index in [-0.39, 0.29) is 5.78 Å². The van der Waals surface area contributed by atoms with Gasteiger partial charge in [0.1, 0.15) is 6.29 Å². The molecule has 0 fully saturated rings. The Hall–Kier alpha value is -1.90. The Morgan fingerprint density at radius 1 is 1.33 bits per heavy atom. The average Bonchev–Trinajstić information content (AvgIpc) is 2.55. The summed E-state index contributed by atoms with van der Waals surface area (Å²) in [6.07, 6.45) is 0.805. The summed E-state index contributed by atoms with van der Waals surface area (Å²) in [7, 11) is 1.85. The molecule has 3 nitrogen and oxygen atoms in total. The molecule has 0 aliphatic carbocycles. The highest BCUT2D eigenvalue weighted by Gasteiger charge is 2.09. The molecule has 0 N–H and O–H groups in total. The normalized spacial score (nSPS) is 10.5. The van der Waals surface area contributed by atoms with Gasteiger partial charge < -0.3 is 4.57 Å². The molecule has 1 aromatic carbocycles. The lowest BCUT2D eigenvalue weighted by molar-refractivity contribution is 0.101. The van der Waals surface area contributed by atoms with Crippen molar-refractivity contribution in [3.05, 3.63) is 35.5 Å². The van der Waals surface area contributed by atoms with Crippen LogP contribution in [0.5, 0.6) is 0 Å². The van der Waals surface area contributed by atoms with Crippen molar-refractivity contribution >= 4 is 23.0 Å². The second-order valence-corrected chi connectivity index (χ2v) is 3.58. The van der Waals surface area contributed by atoms with Crippen LogP contribution in [0.3, 0.4) is 0 Å². The molecule has 0 amide bonds. The predicted octanol–water partition coefficient (Wildman–Crippen LogP) is 2.19. The van der Waals surface area contributed by atoms with Gasteiger partial charge in [0, 0.05) is 30.4 Å². The molecule has 0 aliphatic heterocycles. The smallest absolute Gasteiger partial charge is 0.176 e. The van der Waals surface area contributed by atoms with Crippen molar-refractivity contribution < 1.29 is 9.59 Å². The van der Waals surface area contributed by atoms with Crippen LogP contribution in [0.2, 0.25) is 0 Å². The quantitative estimate of drug-likeness (QED) is 0.552. The van der Waals surface area contributed by atoms with Crippen molar-refractivity contribution in [3.63, 3.8) is 0 Å². The number of aldehydes is 1. The SMILES string of the molecule is CC(=O)c1cc2cc(C=O)ccc2n1C. The summed E-state index contributed by atoms with van der Waals surface area (Å²) in [5.74, 6) is 0.0290. The van der Waals surface area contributed by atoms with Gasteiger partial charge in [-0.2, -0.15) is 0 Å². The van der Waals surface area contributed by atoms with Crippen LogP contribution in [0.25, 0.3) is 10.9 Å². The molecule has 0 aliphatic rings. The number of hydrogen-bond acceptors (Lipinski definition) is 2. The van der Waals surface area contributed by atoms with Crippen LogP contribution in [0.4, 0.5) is 0 Å². The maximum atomic E-state index is 11.3. The number of benzene rings is 1. The van der Waals surface area contributed by atoms with Crippen molar-refractivity contribution in [2.24, 2.45) is 7.05 Å². The lowest BCUT2D eigenvalue weighted by Gasteiger charge is -1.99. The number of fused-ring (bicyclic) bond motifs is 1. The number of hydrogen-bond donors (Lipinski definition) is 0. The third-order valence-corrected chi connectivity index (χ3v) is 2.56. The minimum atomic E-state index is 0.0290. The Labute approximate surface area is 87.3 Å². The third kappa shape index (κ3) is 1.46. The molecule has 0 bridgehead atoms. The minimum Gasteiger partial charge on any atom is -0.341 e. The van der Waals surface area contributed by atoms with E-state index in [4.69, 9.17) is 0 Å². The number of carbonyl (C=O) groups excluding carboxylic acids is 2. The zero-order chi connectivity index (χ0) is 11.0. The summed E-state index contributed by atoms with van der Waals surface area (Å²) in [6, 6.07) is 7.20. The molecule has 0 unspecified atom stereocenters. The Kier molecular flexibility index (Phi) is 2.15. The fourth-order valence-electron chi connectivity index (χ4n) is 1.78. The Balaban J connectivity index is 2.76. The second-order valence-electron chi connectivity index (χ2n) is 3.58. The zero-order valence-corrected chi connectivity index (χ0v) is 8.65. The Bertz CT molecular complexity index is 552. The van der Waals surface area contributed by atoms with Crippen molar-refractivity contribution in [1.29, 1.82) is 0 Å². The van der Waals surface area contributed by atoms with E-state index in [1.54, 1.807) is 12.1 Å². The van der Waals surface area contributed by atoms with Crippen molar-refractivity contribution in [2.45, 2.75) is 6.92 Å². The van der Waals surface area contributed by atoms with E-state index in [1.165, 1.54) is 6.92 Å². The number of rotatable bonds is 2. The number of nitrogens with zero attached hydrogens (tertiary/aromatic N) is 1. The third-order valence-electron chi connectivity index (χ3n) is 2.56. The maximum absolute atomic E-state index is 11.3. The van der Waals surface area contributed by atoms with E-state index < -0.39 is 0 Å². The number of ketones is 1.